The Balaban J connectivity index is 2.57. The minimum absolute atomic E-state index is 0.00670. The molecule has 0 aliphatic heterocycles. The third kappa shape index (κ3) is 4.03. The molecule has 0 aliphatic carbocycles. The molecule has 1 amide bonds. The number of carbonyl (C=O) groups is 1. The predicted molar refractivity (Wildman–Crippen MR) is 64.6 cm³/mol. The molecule has 1 aromatic heterocycles. The minimum Gasteiger partial charge on any atom is -0.358 e. The number of rotatable bonds is 6. The van der Waals surface area contributed by atoms with E-state index in [1.807, 2.05) is 4.90 Å². The summed E-state index contributed by atoms with van der Waals surface area (Å²) in [7, 11) is 1.63. The summed E-state index contributed by atoms with van der Waals surface area (Å²) in [5.41, 5.74) is 0.740. The first-order valence-corrected chi connectivity index (χ1v) is 6.22. The average Bonchev–Trinajstić information content (AvgIpc) is 2.64. The lowest BCUT2D eigenvalue weighted by Gasteiger charge is -2.19. The van der Waals surface area contributed by atoms with Crippen LogP contribution < -0.4 is 5.32 Å². The topological polar surface area (TPSA) is 58.1 Å². The van der Waals surface area contributed by atoms with Gasteiger partial charge in [0.15, 0.2) is 0 Å². The van der Waals surface area contributed by atoms with Gasteiger partial charge in [0.05, 0.1) is 6.54 Å². The highest BCUT2D eigenvalue weighted by atomic mass is 35.5. The summed E-state index contributed by atoms with van der Waals surface area (Å²) in [6.07, 6.45) is 0.978. The van der Waals surface area contributed by atoms with Gasteiger partial charge in [-0.05, 0) is 13.0 Å². The largest absolute Gasteiger partial charge is 0.358 e. The molecule has 0 bridgehead atoms. The molecule has 5 nitrogen and oxygen atoms in total. The molecule has 0 aliphatic rings. The van der Waals surface area contributed by atoms with Gasteiger partial charge in [-0.2, -0.15) is 0 Å². The summed E-state index contributed by atoms with van der Waals surface area (Å²) in [5.74, 6) is -0.00670. The van der Waals surface area contributed by atoms with Crippen molar-refractivity contribution in [1.82, 2.24) is 19.8 Å². The van der Waals surface area contributed by atoms with Crippen LogP contribution in [-0.2, 0) is 11.3 Å². The first kappa shape index (κ1) is 13.3. The van der Waals surface area contributed by atoms with Gasteiger partial charge in [-0.25, -0.2) is 0 Å². The standard InChI is InChI=1S/C9H15ClN4OS/c1-3-4-14(6-8(15)11-2)5-7-9(10)16-13-12-7/h3-6H2,1-2H3,(H,11,15). The van der Waals surface area contributed by atoms with E-state index >= 15 is 0 Å². The molecular weight excluding hydrogens is 248 g/mol. The molecule has 1 heterocycles. The normalized spacial score (nSPS) is 10.8. The van der Waals surface area contributed by atoms with E-state index in [1.54, 1.807) is 7.05 Å². The second-order valence-electron chi connectivity index (χ2n) is 3.38. The van der Waals surface area contributed by atoms with Crippen molar-refractivity contribution < 1.29 is 4.79 Å². The van der Waals surface area contributed by atoms with E-state index in [9.17, 15) is 4.79 Å². The van der Waals surface area contributed by atoms with Crippen molar-refractivity contribution in [2.75, 3.05) is 20.1 Å². The molecule has 90 valence electrons. The molecule has 0 atom stereocenters. The van der Waals surface area contributed by atoms with Gasteiger partial charge in [-0.15, -0.1) is 5.10 Å². The van der Waals surface area contributed by atoms with Crippen LogP contribution in [0.5, 0.6) is 0 Å². The Morgan fingerprint density at radius 2 is 2.38 bits per heavy atom. The molecule has 0 saturated carbocycles. The molecule has 1 rings (SSSR count). The first-order valence-electron chi connectivity index (χ1n) is 5.07. The maximum absolute atomic E-state index is 11.3. The number of aromatic nitrogens is 2. The van der Waals surface area contributed by atoms with Crippen LogP contribution in [0.15, 0.2) is 0 Å². The summed E-state index contributed by atoms with van der Waals surface area (Å²) in [4.78, 5) is 13.3. The molecule has 16 heavy (non-hydrogen) atoms. The highest BCUT2D eigenvalue weighted by molar-refractivity contribution is 7.10. The zero-order valence-electron chi connectivity index (χ0n) is 9.36. The fraction of sp³-hybridized carbons (Fsp3) is 0.667. The van der Waals surface area contributed by atoms with Gasteiger partial charge in [0.1, 0.15) is 10.0 Å². The number of carbonyl (C=O) groups excluding carboxylic acids is 1. The Morgan fingerprint density at radius 3 is 2.88 bits per heavy atom. The van der Waals surface area contributed by atoms with Crippen molar-refractivity contribution in [3.63, 3.8) is 0 Å². The zero-order chi connectivity index (χ0) is 12.0. The summed E-state index contributed by atoms with van der Waals surface area (Å²) in [6, 6.07) is 0. The third-order valence-electron chi connectivity index (χ3n) is 2.07. The number of nitrogens with one attached hydrogen (secondary N) is 1. The smallest absolute Gasteiger partial charge is 0.233 e. The van der Waals surface area contributed by atoms with Crippen molar-refractivity contribution in [2.45, 2.75) is 19.9 Å². The van der Waals surface area contributed by atoms with Gasteiger partial charge in [-0.3, -0.25) is 9.69 Å². The highest BCUT2D eigenvalue weighted by Gasteiger charge is 2.13. The number of likely N-dealkylation sites (N-methyl/N-ethyl adjacent to an activating group) is 1. The van der Waals surface area contributed by atoms with E-state index in [0.29, 0.717) is 17.4 Å². The molecule has 1 N–H and O–H groups in total. The maximum Gasteiger partial charge on any atom is 0.233 e. The number of nitrogens with zero attached hydrogens (tertiary/aromatic N) is 3. The van der Waals surface area contributed by atoms with Crippen molar-refractivity contribution in [2.24, 2.45) is 0 Å². The maximum atomic E-state index is 11.3. The summed E-state index contributed by atoms with van der Waals surface area (Å²) < 4.78 is 4.36. The molecule has 0 radical (unpaired) electrons. The third-order valence-corrected chi connectivity index (χ3v) is 3.05. The van der Waals surface area contributed by atoms with Crippen molar-refractivity contribution in [3.8, 4) is 0 Å². The molecule has 0 unspecified atom stereocenters. The fourth-order valence-corrected chi connectivity index (χ4v) is 1.93. The van der Waals surface area contributed by atoms with Crippen molar-refractivity contribution in [1.29, 1.82) is 0 Å². The van der Waals surface area contributed by atoms with Crippen LogP contribution >= 0.6 is 23.1 Å². The van der Waals surface area contributed by atoms with Crippen LogP contribution in [0.25, 0.3) is 0 Å². The Kier molecular flexibility index (Phi) is 5.65. The second-order valence-corrected chi connectivity index (χ2v) is 4.73. The lowest BCUT2D eigenvalue weighted by Crippen LogP contribution is -2.35. The lowest BCUT2D eigenvalue weighted by molar-refractivity contribution is -0.121. The number of hydrogen-bond donors (Lipinski definition) is 1. The van der Waals surface area contributed by atoms with Crippen LogP contribution in [0.2, 0.25) is 4.34 Å². The fourth-order valence-electron chi connectivity index (χ4n) is 1.32. The summed E-state index contributed by atoms with van der Waals surface area (Å²) in [6.45, 7) is 3.83. The monoisotopic (exact) mass is 262 g/mol. The van der Waals surface area contributed by atoms with Gasteiger partial charge in [0, 0.05) is 25.1 Å². The Hall–Kier alpha value is -0.720. The number of halogens is 1. The SMILES string of the molecule is CCCN(CC(=O)NC)Cc1nnsc1Cl. The van der Waals surface area contributed by atoms with Crippen LogP contribution in [0.1, 0.15) is 19.0 Å². The van der Waals surface area contributed by atoms with Crippen LogP contribution in [0.3, 0.4) is 0 Å². The highest BCUT2D eigenvalue weighted by Crippen LogP contribution is 2.18. The Morgan fingerprint density at radius 1 is 1.62 bits per heavy atom. The summed E-state index contributed by atoms with van der Waals surface area (Å²) >= 11 is 7.09. The van der Waals surface area contributed by atoms with E-state index in [4.69, 9.17) is 11.6 Å². The van der Waals surface area contributed by atoms with Gasteiger partial charge in [0.25, 0.3) is 0 Å². The Bertz CT molecular complexity index is 344. The average molecular weight is 263 g/mol. The molecule has 0 fully saturated rings. The first-order chi connectivity index (χ1) is 7.67. The van der Waals surface area contributed by atoms with Gasteiger partial charge in [-0.1, -0.05) is 23.0 Å². The van der Waals surface area contributed by atoms with E-state index in [-0.39, 0.29) is 5.91 Å². The molecular formula is C9H15ClN4OS. The number of hydrogen-bond acceptors (Lipinski definition) is 5. The van der Waals surface area contributed by atoms with Crippen LogP contribution in [-0.4, -0.2) is 40.5 Å². The molecule has 7 heteroatoms. The molecule has 0 aromatic carbocycles. The Labute approximate surface area is 104 Å². The quantitative estimate of drug-likeness (QED) is 0.836. The van der Waals surface area contributed by atoms with Crippen LogP contribution in [0, 0.1) is 0 Å². The van der Waals surface area contributed by atoms with E-state index in [0.717, 1.165) is 18.7 Å². The van der Waals surface area contributed by atoms with E-state index in [1.165, 1.54) is 11.5 Å². The van der Waals surface area contributed by atoms with Gasteiger partial charge < -0.3 is 5.32 Å². The summed E-state index contributed by atoms with van der Waals surface area (Å²) in [5, 5.41) is 6.54. The minimum atomic E-state index is -0.00670. The van der Waals surface area contributed by atoms with Gasteiger partial charge >= 0.3 is 0 Å². The van der Waals surface area contributed by atoms with Crippen LogP contribution in [0.4, 0.5) is 0 Å². The van der Waals surface area contributed by atoms with E-state index in [2.05, 4.69) is 21.8 Å². The second kappa shape index (κ2) is 6.78. The van der Waals surface area contributed by atoms with Crippen molar-refractivity contribution >= 4 is 29.0 Å². The van der Waals surface area contributed by atoms with E-state index < -0.39 is 0 Å². The molecule has 0 spiro atoms. The molecule has 1 aromatic rings. The predicted octanol–water partition coefficient (Wildman–Crippen LogP) is 1.15. The molecule has 0 saturated heterocycles. The number of amides is 1. The zero-order valence-corrected chi connectivity index (χ0v) is 10.9. The van der Waals surface area contributed by atoms with Crippen molar-refractivity contribution in [3.05, 3.63) is 10.0 Å². The van der Waals surface area contributed by atoms with Gasteiger partial charge in [0.2, 0.25) is 5.91 Å². The lowest BCUT2D eigenvalue weighted by atomic mass is 10.3.